The van der Waals surface area contributed by atoms with E-state index in [4.69, 9.17) is 4.74 Å². The number of hydrogen-bond donors (Lipinski definition) is 0. The molecule has 0 fully saturated rings. The maximum Gasteiger partial charge on any atom is 0.240 e. The Bertz CT molecular complexity index is 386. The van der Waals surface area contributed by atoms with E-state index in [-0.39, 0.29) is 0 Å². The molecule has 0 N–H and O–H groups in total. The maximum absolute atomic E-state index is 10.1. The smallest absolute Gasteiger partial charge is 0.240 e. The molecule has 4 heteroatoms. The number of benzene rings is 1. The van der Waals surface area contributed by atoms with Crippen LogP contribution in [-0.2, 0) is 10.5 Å². The molecule has 1 aliphatic rings. The van der Waals surface area contributed by atoms with Gasteiger partial charge in [0, 0.05) is 17.1 Å². The molecule has 0 unspecified atom stereocenters. The Morgan fingerprint density at radius 1 is 1.50 bits per heavy atom. The zero-order chi connectivity index (χ0) is 9.80. The summed E-state index contributed by atoms with van der Waals surface area (Å²) in [4.78, 5) is 13.7. The molecule has 0 bridgehead atoms. The van der Waals surface area contributed by atoms with E-state index < -0.39 is 0 Å². The molecule has 0 radical (unpaired) electrons. The van der Waals surface area contributed by atoms with Crippen LogP contribution in [0.3, 0.4) is 0 Å². The molecule has 0 amide bonds. The highest BCUT2D eigenvalue weighted by atomic mass is 32.2. The van der Waals surface area contributed by atoms with Gasteiger partial charge in [-0.25, -0.2) is 4.79 Å². The number of thioether (sulfide) groups is 1. The zero-order valence-electron chi connectivity index (χ0n) is 7.53. The molecule has 3 nitrogen and oxygen atoms in total. The highest BCUT2D eigenvalue weighted by molar-refractivity contribution is 7.98. The minimum atomic E-state index is 0.643. The molecule has 0 spiro atoms. The number of ether oxygens (including phenoxy) is 1. The Morgan fingerprint density at radius 2 is 2.43 bits per heavy atom. The fraction of sp³-hybridized carbons (Fsp3) is 0.300. The van der Waals surface area contributed by atoms with Gasteiger partial charge in [-0.1, -0.05) is 0 Å². The predicted octanol–water partition coefficient (Wildman–Crippen LogP) is 2.28. The van der Waals surface area contributed by atoms with Crippen LogP contribution in [-0.4, -0.2) is 18.4 Å². The van der Waals surface area contributed by atoms with Crippen molar-refractivity contribution >= 4 is 23.5 Å². The van der Waals surface area contributed by atoms with Crippen LogP contribution >= 0.6 is 11.8 Å². The average molecular weight is 207 g/mol. The summed E-state index contributed by atoms with van der Waals surface area (Å²) < 4.78 is 5.52. The van der Waals surface area contributed by atoms with Gasteiger partial charge in [-0.3, -0.25) is 0 Å². The molecule has 1 aliphatic heterocycles. The van der Waals surface area contributed by atoms with Crippen molar-refractivity contribution in [1.82, 2.24) is 0 Å². The van der Waals surface area contributed by atoms with Gasteiger partial charge in [-0.15, -0.1) is 0 Å². The van der Waals surface area contributed by atoms with Crippen LogP contribution in [0.2, 0.25) is 0 Å². The number of isocyanates is 1. The first-order chi connectivity index (χ1) is 6.90. The summed E-state index contributed by atoms with van der Waals surface area (Å²) in [5.41, 5.74) is 1.74. The summed E-state index contributed by atoms with van der Waals surface area (Å²) >= 11 is 1.82. The van der Waals surface area contributed by atoms with Gasteiger partial charge in [0.1, 0.15) is 5.75 Å². The third-order valence-electron chi connectivity index (χ3n) is 1.96. The lowest BCUT2D eigenvalue weighted by atomic mass is 10.2. The molecule has 1 heterocycles. The SMILES string of the molecule is O=C=Nc1ccc2c(c1)CSCCO2. The zero-order valence-corrected chi connectivity index (χ0v) is 8.34. The molecule has 0 aliphatic carbocycles. The third-order valence-corrected chi connectivity index (χ3v) is 2.93. The molecule has 0 atom stereocenters. The van der Waals surface area contributed by atoms with Crippen LogP contribution in [0, 0.1) is 0 Å². The lowest BCUT2D eigenvalue weighted by molar-refractivity contribution is 0.344. The number of nitrogens with zero attached hydrogens (tertiary/aromatic N) is 1. The fourth-order valence-corrected chi connectivity index (χ4v) is 2.13. The van der Waals surface area contributed by atoms with Crippen molar-refractivity contribution < 1.29 is 9.53 Å². The molecule has 2 rings (SSSR count). The summed E-state index contributed by atoms with van der Waals surface area (Å²) in [6.45, 7) is 0.744. The quantitative estimate of drug-likeness (QED) is 0.524. The summed E-state index contributed by atoms with van der Waals surface area (Å²) in [6.07, 6.45) is 1.53. The Kier molecular flexibility index (Phi) is 2.87. The molecule has 0 saturated carbocycles. The molecule has 0 saturated heterocycles. The van der Waals surface area contributed by atoms with Gasteiger partial charge < -0.3 is 4.74 Å². The van der Waals surface area contributed by atoms with E-state index in [9.17, 15) is 4.79 Å². The second-order valence-corrected chi connectivity index (χ2v) is 4.00. The predicted molar refractivity (Wildman–Crippen MR) is 55.9 cm³/mol. The van der Waals surface area contributed by atoms with E-state index >= 15 is 0 Å². The van der Waals surface area contributed by atoms with Gasteiger partial charge in [0.05, 0.1) is 12.3 Å². The highest BCUT2D eigenvalue weighted by Gasteiger charge is 2.09. The minimum Gasteiger partial charge on any atom is -0.492 e. The van der Waals surface area contributed by atoms with E-state index in [1.807, 2.05) is 23.9 Å². The molecule has 14 heavy (non-hydrogen) atoms. The van der Waals surface area contributed by atoms with Gasteiger partial charge in [0.15, 0.2) is 0 Å². The largest absolute Gasteiger partial charge is 0.492 e. The van der Waals surface area contributed by atoms with E-state index in [1.165, 1.54) is 6.08 Å². The number of fused-ring (bicyclic) bond motifs is 1. The topological polar surface area (TPSA) is 38.7 Å². The molecular formula is C10H9NO2S. The summed E-state index contributed by atoms with van der Waals surface area (Å²) in [7, 11) is 0. The Balaban J connectivity index is 2.36. The fourth-order valence-electron chi connectivity index (χ4n) is 1.33. The Hall–Kier alpha value is -1.25. The van der Waals surface area contributed by atoms with Crippen molar-refractivity contribution in [2.75, 3.05) is 12.4 Å². The maximum atomic E-state index is 10.1. The van der Waals surface area contributed by atoms with Crippen molar-refractivity contribution in [3.8, 4) is 5.75 Å². The minimum absolute atomic E-state index is 0.643. The van der Waals surface area contributed by atoms with Crippen LogP contribution < -0.4 is 4.74 Å². The number of hydrogen-bond acceptors (Lipinski definition) is 4. The monoisotopic (exact) mass is 207 g/mol. The van der Waals surface area contributed by atoms with Crippen LogP contribution in [0.4, 0.5) is 5.69 Å². The number of carbonyl (C=O) groups excluding carboxylic acids is 1. The van der Waals surface area contributed by atoms with E-state index in [2.05, 4.69) is 4.99 Å². The summed E-state index contributed by atoms with van der Waals surface area (Å²) in [5, 5.41) is 0. The van der Waals surface area contributed by atoms with Crippen LogP contribution in [0.25, 0.3) is 0 Å². The first-order valence-electron chi connectivity index (χ1n) is 4.31. The lowest BCUT2D eigenvalue weighted by Gasteiger charge is -2.05. The summed E-state index contributed by atoms with van der Waals surface area (Å²) in [5.74, 6) is 2.82. The first kappa shape index (κ1) is 9.31. The summed E-state index contributed by atoms with van der Waals surface area (Å²) in [6, 6.07) is 5.50. The van der Waals surface area contributed by atoms with Gasteiger partial charge >= 0.3 is 0 Å². The average Bonchev–Trinajstić information content (AvgIpc) is 2.42. The van der Waals surface area contributed by atoms with Crippen molar-refractivity contribution in [2.24, 2.45) is 4.99 Å². The third kappa shape index (κ3) is 1.97. The first-order valence-corrected chi connectivity index (χ1v) is 5.47. The van der Waals surface area contributed by atoms with Gasteiger partial charge in [-0.05, 0) is 18.2 Å². The Morgan fingerprint density at radius 3 is 3.29 bits per heavy atom. The van der Waals surface area contributed by atoms with E-state index in [0.29, 0.717) is 5.69 Å². The van der Waals surface area contributed by atoms with Crippen molar-refractivity contribution in [3.05, 3.63) is 23.8 Å². The molecule has 72 valence electrons. The van der Waals surface area contributed by atoms with E-state index in [0.717, 1.165) is 29.4 Å². The molecule has 1 aromatic rings. The lowest BCUT2D eigenvalue weighted by Crippen LogP contribution is -1.97. The van der Waals surface area contributed by atoms with Gasteiger partial charge in [-0.2, -0.15) is 16.8 Å². The van der Waals surface area contributed by atoms with Gasteiger partial charge in [0.2, 0.25) is 6.08 Å². The van der Waals surface area contributed by atoms with Crippen molar-refractivity contribution in [1.29, 1.82) is 0 Å². The van der Waals surface area contributed by atoms with Crippen LogP contribution in [0.5, 0.6) is 5.75 Å². The second kappa shape index (κ2) is 4.31. The van der Waals surface area contributed by atoms with Crippen molar-refractivity contribution in [2.45, 2.75) is 5.75 Å². The molecular weight excluding hydrogens is 198 g/mol. The normalized spacial score (nSPS) is 14.6. The molecule has 0 aromatic heterocycles. The van der Waals surface area contributed by atoms with E-state index in [1.54, 1.807) is 6.07 Å². The van der Waals surface area contributed by atoms with Crippen LogP contribution in [0.15, 0.2) is 23.2 Å². The Labute approximate surface area is 86.2 Å². The van der Waals surface area contributed by atoms with Crippen molar-refractivity contribution in [3.63, 3.8) is 0 Å². The number of rotatable bonds is 1. The standard InChI is InChI=1S/C10H9NO2S/c12-7-11-9-1-2-10-8(5-9)6-14-4-3-13-10/h1-2,5H,3-4,6H2. The second-order valence-electron chi connectivity index (χ2n) is 2.90. The van der Waals surface area contributed by atoms with Crippen LogP contribution in [0.1, 0.15) is 5.56 Å². The van der Waals surface area contributed by atoms with Gasteiger partial charge in [0.25, 0.3) is 0 Å². The number of aliphatic imine (C=N–C) groups is 1. The molecule has 1 aromatic carbocycles. The highest BCUT2D eigenvalue weighted by Crippen LogP contribution is 2.30.